The monoisotopic (exact) mass is 186 g/mol. The molecular weight excluding hydrogens is 177 g/mol. The number of para-hydroxylation sites is 1. The molecule has 0 atom stereocenters. The molecule has 2 aromatic rings. The number of hydrogen-bond acceptors (Lipinski definition) is 2. The van der Waals surface area contributed by atoms with Crippen molar-refractivity contribution in [1.82, 2.24) is 4.98 Å². The summed E-state index contributed by atoms with van der Waals surface area (Å²) >= 11 is 1.47. The minimum Gasteiger partial charge on any atom is -0.649 e. The third-order valence-corrected chi connectivity index (χ3v) is 2.28. The van der Waals surface area contributed by atoms with Crippen molar-refractivity contribution in [2.75, 3.05) is 0 Å². The normalized spacial score (nSPS) is 10.2. The highest BCUT2D eigenvalue weighted by Crippen LogP contribution is 2.22. The molecular formula is C10H9AlNO. The van der Waals surface area contributed by atoms with Gasteiger partial charge in [-0.3, -0.25) is 4.98 Å². The standard InChI is InChI=1S/C10H9NO.Al.H/c1-7-5-8-3-2-4-9(12)10(8)11-6-7;;/h2-6,12H,1H3;;/q;+1;/p-1. The van der Waals surface area contributed by atoms with Crippen molar-refractivity contribution in [1.29, 1.82) is 0 Å². The maximum Gasteiger partial charge on any atom is 0.494 e. The van der Waals surface area contributed by atoms with Gasteiger partial charge < -0.3 is 3.79 Å². The van der Waals surface area contributed by atoms with Crippen LogP contribution in [0.3, 0.4) is 0 Å². The second-order valence-corrected chi connectivity index (χ2v) is 3.27. The van der Waals surface area contributed by atoms with Gasteiger partial charge in [-0.15, -0.1) is 0 Å². The zero-order valence-corrected chi connectivity index (χ0v) is 8.86. The fraction of sp³-hybridized carbons (Fsp3) is 0.100. The van der Waals surface area contributed by atoms with Crippen molar-refractivity contribution in [3.8, 4) is 5.75 Å². The van der Waals surface area contributed by atoms with Gasteiger partial charge in [0.05, 0.1) is 0 Å². The van der Waals surface area contributed by atoms with E-state index in [4.69, 9.17) is 3.79 Å². The molecule has 0 fully saturated rings. The summed E-state index contributed by atoms with van der Waals surface area (Å²) in [4.78, 5) is 4.33. The van der Waals surface area contributed by atoms with E-state index in [0.717, 1.165) is 16.7 Å². The van der Waals surface area contributed by atoms with E-state index in [9.17, 15) is 0 Å². The topological polar surface area (TPSA) is 22.1 Å². The van der Waals surface area contributed by atoms with Crippen LogP contribution in [0, 0.1) is 6.92 Å². The first-order valence-corrected chi connectivity index (χ1v) is 4.66. The number of rotatable bonds is 1. The molecule has 1 radical (unpaired) electrons. The molecule has 3 heteroatoms. The largest absolute Gasteiger partial charge is 0.649 e. The fourth-order valence-corrected chi connectivity index (χ4v) is 1.59. The molecule has 0 N–H and O–H groups in total. The van der Waals surface area contributed by atoms with E-state index in [-0.39, 0.29) is 0 Å². The van der Waals surface area contributed by atoms with Crippen LogP contribution < -0.4 is 3.79 Å². The molecule has 0 unspecified atom stereocenters. The molecule has 2 rings (SSSR count). The number of nitrogens with zero attached hydrogens (tertiary/aromatic N) is 1. The molecule has 0 spiro atoms. The lowest BCUT2D eigenvalue weighted by molar-refractivity contribution is 0.622. The van der Waals surface area contributed by atoms with Crippen LogP contribution in [0.15, 0.2) is 30.5 Å². The van der Waals surface area contributed by atoms with E-state index in [1.807, 2.05) is 31.3 Å². The molecule has 13 heavy (non-hydrogen) atoms. The van der Waals surface area contributed by atoms with Crippen molar-refractivity contribution >= 4 is 27.5 Å². The summed E-state index contributed by atoms with van der Waals surface area (Å²) in [6.45, 7) is 2.04. The first-order chi connectivity index (χ1) is 6.31. The highest BCUT2D eigenvalue weighted by atomic mass is 27.1. The molecule has 0 saturated carbocycles. The van der Waals surface area contributed by atoms with Crippen LogP contribution >= 0.6 is 0 Å². The van der Waals surface area contributed by atoms with Crippen molar-refractivity contribution in [3.63, 3.8) is 0 Å². The highest BCUT2D eigenvalue weighted by Gasteiger charge is 1.99. The van der Waals surface area contributed by atoms with Gasteiger partial charge in [-0.05, 0) is 24.6 Å². The summed E-state index contributed by atoms with van der Waals surface area (Å²) in [5.41, 5.74) is 2.10. The summed E-state index contributed by atoms with van der Waals surface area (Å²) in [5.74, 6) is 0.843. The molecule has 63 valence electrons. The van der Waals surface area contributed by atoms with E-state index in [1.54, 1.807) is 0 Å². The van der Waals surface area contributed by atoms with E-state index in [2.05, 4.69) is 11.1 Å². The van der Waals surface area contributed by atoms with Crippen LogP contribution in [-0.4, -0.2) is 21.6 Å². The second kappa shape index (κ2) is 3.37. The molecule has 1 heterocycles. The minimum absolute atomic E-state index is 0.843. The average Bonchev–Trinajstić information content (AvgIpc) is 2.16. The van der Waals surface area contributed by atoms with Crippen LogP contribution in [0.25, 0.3) is 10.9 Å². The van der Waals surface area contributed by atoms with Crippen LogP contribution in [-0.2, 0) is 0 Å². The van der Waals surface area contributed by atoms with Crippen LogP contribution in [0.1, 0.15) is 5.56 Å². The predicted molar refractivity (Wildman–Crippen MR) is 54.3 cm³/mol. The number of aryl methyl sites for hydroxylation is 1. The Hall–Kier alpha value is -1.04. The van der Waals surface area contributed by atoms with E-state index < -0.39 is 0 Å². The van der Waals surface area contributed by atoms with Gasteiger partial charge in [0.15, 0.2) is 0 Å². The minimum atomic E-state index is 0.843. The van der Waals surface area contributed by atoms with Crippen LogP contribution in [0.5, 0.6) is 5.75 Å². The Bertz CT molecular complexity index is 442. The lowest BCUT2D eigenvalue weighted by atomic mass is 10.2. The van der Waals surface area contributed by atoms with Gasteiger partial charge in [0, 0.05) is 11.6 Å². The third kappa shape index (κ3) is 1.53. The van der Waals surface area contributed by atoms with Crippen molar-refractivity contribution in [2.24, 2.45) is 0 Å². The zero-order chi connectivity index (χ0) is 9.26. The van der Waals surface area contributed by atoms with Crippen LogP contribution in [0.4, 0.5) is 0 Å². The van der Waals surface area contributed by atoms with Gasteiger partial charge in [0.1, 0.15) is 11.3 Å². The van der Waals surface area contributed by atoms with Gasteiger partial charge >= 0.3 is 16.6 Å². The Morgan fingerprint density at radius 3 is 3.00 bits per heavy atom. The molecule has 0 aliphatic carbocycles. The number of aromatic nitrogens is 1. The Morgan fingerprint density at radius 1 is 1.38 bits per heavy atom. The first-order valence-electron chi connectivity index (χ1n) is 4.08. The van der Waals surface area contributed by atoms with E-state index >= 15 is 0 Å². The number of pyridine rings is 1. The molecule has 0 amide bonds. The molecule has 1 aromatic heterocycles. The maximum atomic E-state index is 5.23. The summed E-state index contributed by atoms with van der Waals surface area (Å²) in [6.07, 6.45) is 1.86. The van der Waals surface area contributed by atoms with Gasteiger partial charge in [-0.25, -0.2) is 0 Å². The maximum absolute atomic E-state index is 5.23. The molecule has 0 aliphatic heterocycles. The first kappa shape index (κ1) is 8.56. The van der Waals surface area contributed by atoms with Crippen molar-refractivity contribution < 1.29 is 3.79 Å². The van der Waals surface area contributed by atoms with Gasteiger partial charge in [-0.1, -0.05) is 12.1 Å². The van der Waals surface area contributed by atoms with Crippen LogP contribution in [0.2, 0.25) is 0 Å². The Balaban J connectivity index is 2.77. The number of fused-ring (bicyclic) bond motifs is 1. The predicted octanol–water partition coefficient (Wildman–Crippen LogP) is 1.74. The summed E-state index contributed by atoms with van der Waals surface area (Å²) in [5, 5.41) is 1.13. The Kier molecular flexibility index (Phi) is 2.22. The quantitative estimate of drug-likeness (QED) is 0.633. The van der Waals surface area contributed by atoms with E-state index in [0.29, 0.717) is 0 Å². The lowest BCUT2D eigenvalue weighted by Crippen LogP contribution is -1.89. The number of hydrogen-bond donors (Lipinski definition) is 0. The highest BCUT2D eigenvalue weighted by molar-refractivity contribution is 6.01. The average molecular weight is 186 g/mol. The lowest BCUT2D eigenvalue weighted by Gasteiger charge is -2.06. The fourth-order valence-electron chi connectivity index (χ4n) is 1.36. The molecule has 0 aliphatic rings. The van der Waals surface area contributed by atoms with Crippen molar-refractivity contribution in [2.45, 2.75) is 6.92 Å². The van der Waals surface area contributed by atoms with Gasteiger partial charge in [-0.2, -0.15) is 0 Å². The summed E-state index contributed by atoms with van der Waals surface area (Å²) < 4.78 is 5.23. The summed E-state index contributed by atoms with van der Waals surface area (Å²) in [7, 11) is 0. The van der Waals surface area contributed by atoms with Crippen molar-refractivity contribution in [3.05, 3.63) is 36.0 Å². The molecule has 0 bridgehead atoms. The smallest absolute Gasteiger partial charge is 0.494 e. The Labute approximate surface area is 85.3 Å². The second-order valence-electron chi connectivity index (χ2n) is 2.98. The van der Waals surface area contributed by atoms with E-state index in [1.165, 1.54) is 22.2 Å². The molecule has 2 nitrogen and oxygen atoms in total. The number of benzene rings is 1. The molecule has 1 aromatic carbocycles. The zero-order valence-electron chi connectivity index (χ0n) is 7.45. The molecule has 0 saturated heterocycles. The Morgan fingerprint density at radius 2 is 2.23 bits per heavy atom. The van der Waals surface area contributed by atoms with Gasteiger partial charge in [0.25, 0.3) is 0 Å². The SMILES string of the molecule is Cc1cnc2c([O][AlH])cccc2c1. The third-order valence-electron chi connectivity index (χ3n) is 1.97. The summed E-state index contributed by atoms with van der Waals surface area (Å²) in [6, 6.07) is 8.05. The van der Waals surface area contributed by atoms with Gasteiger partial charge in [0.2, 0.25) is 0 Å².